The van der Waals surface area contributed by atoms with E-state index in [2.05, 4.69) is 69.0 Å². The van der Waals surface area contributed by atoms with Gasteiger partial charge in [-0.15, -0.1) is 0 Å². The molecule has 0 bridgehead atoms. The molecule has 0 unspecified atom stereocenters. The van der Waals surface area contributed by atoms with Crippen molar-refractivity contribution in [3.63, 3.8) is 0 Å². The van der Waals surface area contributed by atoms with Crippen LogP contribution in [0.3, 0.4) is 0 Å². The molecule has 0 aromatic heterocycles. The van der Waals surface area contributed by atoms with Gasteiger partial charge in [-0.05, 0) is 87.8 Å². The predicted octanol–water partition coefficient (Wildman–Crippen LogP) is 6.85. The summed E-state index contributed by atoms with van der Waals surface area (Å²) < 4.78 is 6.96. The van der Waals surface area contributed by atoms with E-state index in [0.717, 1.165) is 4.90 Å². The molecule has 3 amide bonds. The van der Waals surface area contributed by atoms with Crippen LogP contribution in [-0.2, 0) is 14.3 Å². The van der Waals surface area contributed by atoms with E-state index >= 15 is 0 Å². The number of benzene rings is 2. The molecule has 1 N–H and O–H groups in total. The van der Waals surface area contributed by atoms with Crippen LogP contribution in [0.1, 0.15) is 34.6 Å². The highest BCUT2D eigenvalue weighted by atomic mass is 79.9. The number of anilines is 1. The largest absolute Gasteiger partial charge is 0.454 e. The summed E-state index contributed by atoms with van der Waals surface area (Å²) in [4.78, 5) is 52.6. The van der Waals surface area contributed by atoms with Gasteiger partial charge in [0.2, 0.25) is 0 Å². The summed E-state index contributed by atoms with van der Waals surface area (Å²) in [7, 11) is 0. The van der Waals surface area contributed by atoms with E-state index in [1.165, 1.54) is 12.1 Å². The number of amides is 3. The summed E-state index contributed by atoms with van der Waals surface area (Å²) in [5, 5.41) is 3.11. The lowest BCUT2D eigenvalue weighted by atomic mass is 10.0. The number of hydrogen-bond donors (Lipinski definition) is 1. The van der Waals surface area contributed by atoms with Gasteiger partial charge in [-0.2, -0.15) is 0 Å². The number of carbonyl (C=O) groups is 4. The van der Waals surface area contributed by atoms with Crippen molar-refractivity contribution in [2.75, 3.05) is 11.9 Å². The van der Waals surface area contributed by atoms with E-state index < -0.39 is 42.3 Å². The number of ether oxygens (including phenoxy) is 1. The van der Waals surface area contributed by atoms with Gasteiger partial charge in [0.15, 0.2) is 6.61 Å². The highest BCUT2D eigenvalue weighted by molar-refractivity contribution is 9.15. The number of hydrogen-bond acceptors (Lipinski definition) is 5. The molecule has 180 valence electrons. The Labute approximate surface area is 238 Å². The molecular weight excluding hydrogens is 751 g/mol. The number of rotatable bonds is 6. The third kappa shape index (κ3) is 5.24. The predicted molar refractivity (Wildman–Crippen MR) is 142 cm³/mol. The minimum atomic E-state index is -1.26. The van der Waals surface area contributed by atoms with Gasteiger partial charge in [-0.25, -0.2) is 4.79 Å². The maximum atomic E-state index is 13.2. The molecule has 2 aromatic carbocycles. The van der Waals surface area contributed by atoms with Crippen molar-refractivity contribution < 1.29 is 23.9 Å². The Hall–Kier alpha value is -0.980. The molecule has 0 saturated carbocycles. The third-order valence-electron chi connectivity index (χ3n) is 4.83. The second-order valence-corrected chi connectivity index (χ2v) is 11.5. The number of imide groups is 1. The molecule has 1 aliphatic rings. The summed E-state index contributed by atoms with van der Waals surface area (Å²) in [5.74, 6) is -3.38. The molecule has 1 heterocycles. The fourth-order valence-electron chi connectivity index (χ4n) is 3.30. The lowest BCUT2D eigenvalue weighted by molar-refractivity contribution is -0.152. The molecule has 1 aliphatic heterocycles. The Morgan fingerprint density at radius 1 is 0.971 bits per heavy atom. The van der Waals surface area contributed by atoms with Crippen molar-refractivity contribution in [2.45, 2.75) is 19.9 Å². The molecule has 7 nitrogen and oxygen atoms in total. The minimum Gasteiger partial charge on any atom is -0.454 e. The number of halogens is 6. The number of fused-ring (bicyclic) bond motifs is 1. The third-order valence-corrected chi connectivity index (χ3v) is 10.2. The molecule has 0 saturated heterocycles. The molecule has 0 spiro atoms. The summed E-state index contributed by atoms with van der Waals surface area (Å²) >= 11 is 25.3. The Bertz CT molecular complexity index is 1190. The second-order valence-electron chi connectivity index (χ2n) is 7.46. The summed E-state index contributed by atoms with van der Waals surface area (Å²) in [6.07, 6.45) is 0. The van der Waals surface area contributed by atoms with Crippen molar-refractivity contribution in [1.82, 2.24) is 4.90 Å². The molecule has 0 aliphatic carbocycles. The number of carbonyl (C=O) groups excluding carboxylic acids is 4. The van der Waals surface area contributed by atoms with Crippen LogP contribution in [0.4, 0.5) is 5.69 Å². The molecule has 0 fully saturated rings. The van der Waals surface area contributed by atoms with Gasteiger partial charge >= 0.3 is 5.97 Å². The Morgan fingerprint density at radius 2 is 1.50 bits per heavy atom. The van der Waals surface area contributed by atoms with Crippen LogP contribution in [0.5, 0.6) is 0 Å². The molecule has 1 atom stereocenters. The van der Waals surface area contributed by atoms with Crippen LogP contribution in [0.25, 0.3) is 0 Å². The van der Waals surface area contributed by atoms with Crippen LogP contribution >= 0.6 is 86.9 Å². The number of nitrogens with zero attached hydrogens (tertiary/aromatic N) is 1. The van der Waals surface area contributed by atoms with E-state index in [0.29, 0.717) is 22.9 Å². The van der Waals surface area contributed by atoms with Gasteiger partial charge in [0.25, 0.3) is 17.7 Å². The SMILES string of the molecule is CC(C)[C@@H](C(=O)OCC(=O)Nc1cc(Cl)ccc1Cl)N1C(=O)c2c(Br)c(Br)c(Br)c(Br)c2C1=O. The zero-order valence-corrected chi connectivity index (χ0v) is 25.2. The first-order chi connectivity index (χ1) is 15.9. The lowest BCUT2D eigenvalue weighted by Crippen LogP contribution is -2.49. The second kappa shape index (κ2) is 11.0. The van der Waals surface area contributed by atoms with E-state index in [4.69, 9.17) is 27.9 Å². The van der Waals surface area contributed by atoms with Crippen LogP contribution in [0, 0.1) is 5.92 Å². The smallest absolute Gasteiger partial charge is 0.330 e. The summed E-state index contributed by atoms with van der Waals surface area (Å²) in [6, 6.07) is 3.26. The summed E-state index contributed by atoms with van der Waals surface area (Å²) in [6.45, 7) is 2.67. The molecule has 3 rings (SSSR count). The van der Waals surface area contributed by atoms with Crippen molar-refractivity contribution in [3.8, 4) is 0 Å². The number of nitrogens with one attached hydrogen (secondary N) is 1. The van der Waals surface area contributed by atoms with Gasteiger partial charge in [-0.1, -0.05) is 37.0 Å². The topological polar surface area (TPSA) is 92.8 Å². The molecule has 2 aromatic rings. The average molecular weight is 765 g/mol. The van der Waals surface area contributed by atoms with Gasteiger partial charge in [0.1, 0.15) is 6.04 Å². The maximum absolute atomic E-state index is 13.2. The van der Waals surface area contributed by atoms with E-state index in [1.54, 1.807) is 19.9 Å². The zero-order valence-electron chi connectivity index (χ0n) is 17.4. The number of esters is 1. The first-order valence-electron chi connectivity index (χ1n) is 9.52. The van der Waals surface area contributed by atoms with Crippen LogP contribution in [-0.4, -0.2) is 41.2 Å². The molecule has 0 radical (unpaired) electrons. The molecule has 34 heavy (non-hydrogen) atoms. The Balaban J connectivity index is 1.81. The monoisotopic (exact) mass is 760 g/mol. The van der Waals surface area contributed by atoms with E-state index in [9.17, 15) is 19.2 Å². The van der Waals surface area contributed by atoms with Crippen molar-refractivity contribution >= 4 is 116 Å². The molecule has 13 heteroatoms. The highest BCUT2D eigenvalue weighted by Crippen LogP contribution is 2.46. The van der Waals surface area contributed by atoms with Crippen LogP contribution < -0.4 is 5.32 Å². The fourth-order valence-corrected chi connectivity index (χ4v) is 6.09. The van der Waals surface area contributed by atoms with Crippen molar-refractivity contribution in [1.29, 1.82) is 0 Å². The highest BCUT2D eigenvalue weighted by Gasteiger charge is 2.47. The first kappa shape index (κ1) is 27.6. The lowest BCUT2D eigenvalue weighted by Gasteiger charge is -2.27. The minimum absolute atomic E-state index is 0.110. The van der Waals surface area contributed by atoms with Crippen LogP contribution in [0.2, 0.25) is 10.0 Å². The van der Waals surface area contributed by atoms with Gasteiger partial charge in [0, 0.05) is 22.9 Å². The Kier molecular flexibility index (Phi) is 8.90. The summed E-state index contributed by atoms with van der Waals surface area (Å²) in [5.41, 5.74) is 0.472. The van der Waals surface area contributed by atoms with Crippen molar-refractivity contribution in [2.24, 2.45) is 5.92 Å². The van der Waals surface area contributed by atoms with E-state index in [-0.39, 0.29) is 21.8 Å². The average Bonchev–Trinajstić information content (AvgIpc) is 3.02. The van der Waals surface area contributed by atoms with E-state index in [1.807, 2.05) is 0 Å². The standard InChI is InChI=1S/C21H14Br4Cl2N2O5/c1-7(2)18(21(33)34-6-11(30)28-10-5-8(26)3-4-9(10)27)29-19(31)12-13(20(29)32)15(23)17(25)16(24)14(12)22/h3-5,7,18H,6H2,1-2H3,(H,28,30)/t18-/m0/s1. The van der Waals surface area contributed by atoms with Crippen molar-refractivity contribution in [3.05, 3.63) is 57.3 Å². The van der Waals surface area contributed by atoms with Gasteiger partial charge in [-0.3, -0.25) is 19.3 Å². The van der Waals surface area contributed by atoms with Crippen LogP contribution in [0.15, 0.2) is 36.1 Å². The molecular formula is C21H14Br4Cl2N2O5. The Morgan fingerprint density at radius 3 is 2.00 bits per heavy atom. The fraction of sp³-hybridized carbons (Fsp3) is 0.238. The van der Waals surface area contributed by atoms with Gasteiger partial charge < -0.3 is 10.1 Å². The maximum Gasteiger partial charge on any atom is 0.330 e. The normalized spacial score (nSPS) is 13.9. The quantitative estimate of drug-likeness (QED) is 0.151. The zero-order chi connectivity index (χ0) is 25.5. The van der Waals surface area contributed by atoms with Gasteiger partial charge in [0.05, 0.1) is 21.8 Å². The first-order valence-corrected chi connectivity index (χ1v) is 13.4.